The van der Waals surface area contributed by atoms with Crippen molar-refractivity contribution >= 4 is 0 Å². The number of benzene rings is 1. The highest BCUT2D eigenvalue weighted by atomic mass is 19.4. The van der Waals surface area contributed by atoms with Crippen LogP contribution in [0, 0.1) is 13.8 Å². The Labute approximate surface area is 160 Å². The molecule has 0 atom stereocenters. The molecule has 0 aliphatic carbocycles. The minimum Gasteiger partial charge on any atom is -0.507 e. The number of pyridine rings is 1. The topological polar surface area (TPSA) is 72.0 Å². The highest BCUT2D eigenvalue weighted by Crippen LogP contribution is 2.33. The van der Waals surface area contributed by atoms with E-state index >= 15 is 0 Å². The molecule has 0 spiro atoms. The molecule has 1 aromatic carbocycles. The Morgan fingerprint density at radius 2 is 1.71 bits per heavy atom. The second-order valence-electron chi connectivity index (χ2n) is 6.98. The second kappa shape index (κ2) is 7.26. The van der Waals surface area contributed by atoms with E-state index in [1.54, 1.807) is 24.3 Å². The third-order valence-corrected chi connectivity index (χ3v) is 4.59. The largest absolute Gasteiger partial charge is 0.507 e. The summed E-state index contributed by atoms with van der Waals surface area (Å²) in [5.74, 6) is -1.13. The van der Waals surface area contributed by atoms with Crippen LogP contribution >= 0.6 is 0 Å². The van der Waals surface area contributed by atoms with Crippen molar-refractivity contribution < 1.29 is 22.8 Å². The zero-order valence-electron chi connectivity index (χ0n) is 15.9. The number of halogens is 3. The van der Waals surface area contributed by atoms with E-state index in [0.29, 0.717) is 12.0 Å². The van der Waals surface area contributed by atoms with Gasteiger partial charge < -0.3 is 9.63 Å². The van der Waals surface area contributed by atoms with Gasteiger partial charge in [0.25, 0.3) is 0 Å². The van der Waals surface area contributed by atoms with Crippen LogP contribution in [0.1, 0.15) is 53.7 Å². The summed E-state index contributed by atoms with van der Waals surface area (Å²) in [5.41, 5.74) is 4.41. The molecule has 5 nitrogen and oxygen atoms in total. The first-order chi connectivity index (χ1) is 13.1. The van der Waals surface area contributed by atoms with Crippen molar-refractivity contribution in [2.75, 3.05) is 0 Å². The zero-order valence-corrected chi connectivity index (χ0v) is 15.9. The van der Waals surface area contributed by atoms with Crippen molar-refractivity contribution in [3.05, 3.63) is 58.2 Å². The van der Waals surface area contributed by atoms with Gasteiger partial charge in [-0.1, -0.05) is 43.3 Å². The lowest BCUT2D eigenvalue weighted by Crippen LogP contribution is -2.05. The van der Waals surface area contributed by atoms with Gasteiger partial charge in [0, 0.05) is 28.8 Å². The lowest BCUT2D eigenvalue weighted by molar-refractivity contribution is -0.159. The lowest BCUT2D eigenvalue weighted by atomic mass is 9.94. The van der Waals surface area contributed by atoms with Crippen molar-refractivity contribution in [2.45, 2.75) is 46.2 Å². The summed E-state index contributed by atoms with van der Waals surface area (Å²) in [6.45, 7) is 7.71. The van der Waals surface area contributed by atoms with Crippen LogP contribution in [0.25, 0.3) is 11.4 Å². The molecule has 2 aromatic heterocycles. The smallest absolute Gasteiger partial charge is 0.471 e. The maximum Gasteiger partial charge on any atom is 0.471 e. The molecule has 28 heavy (non-hydrogen) atoms. The number of hydrogen-bond donors (Lipinski definition) is 1. The van der Waals surface area contributed by atoms with Crippen LogP contribution in [0.15, 0.2) is 28.8 Å². The SMILES string of the molecule is Cc1nc(C(C)C)c(Cc2ccc(-c3noc(C(F)(F)F)n3)cc2)c(O)c1C. The highest BCUT2D eigenvalue weighted by Gasteiger charge is 2.38. The van der Waals surface area contributed by atoms with Gasteiger partial charge in [0.15, 0.2) is 0 Å². The molecular weight excluding hydrogens is 371 g/mol. The van der Waals surface area contributed by atoms with E-state index in [4.69, 9.17) is 0 Å². The summed E-state index contributed by atoms with van der Waals surface area (Å²) in [6, 6.07) is 6.78. The van der Waals surface area contributed by atoms with Gasteiger partial charge in [-0.05, 0) is 25.3 Å². The molecule has 3 aromatic rings. The van der Waals surface area contributed by atoms with Gasteiger partial charge in [0.05, 0.1) is 5.69 Å². The fourth-order valence-electron chi connectivity index (χ4n) is 2.93. The summed E-state index contributed by atoms with van der Waals surface area (Å²) < 4.78 is 42.1. The first-order valence-electron chi connectivity index (χ1n) is 8.77. The zero-order chi connectivity index (χ0) is 20.6. The molecule has 8 heteroatoms. The van der Waals surface area contributed by atoms with Gasteiger partial charge in [0.1, 0.15) is 5.75 Å². The third kappa shape index (κ3) is 3.85. The van der Waals surface area contributed by atoms with Gasteiger partial charge in [0.2, 0.25) is 5.82 Å². The first kappa shape index (κ1) is 19.9. The molecule has 0 fully saturated rings. The van der Waals surface area contributed by atoms with E-state index in [2.05, 4.69) is 19.6 Å². The molecule has 148 valence electrons. The van der Waals surface area contributed by atoms with Crippen LogP contribution in [-0.4, -0.2) is 20.2 Å². The summed E-state index contributed by atoms with van der Waals surface area (Å²) in [4.78, 5) is 8.01. The van der Waals surface area contributed by atoms with Crippen LogP contribution in [0.5, 0.6) is 5.75 Å². The molecule has 0 radical (unpaired) electrons. The van der Waals surface area contributed by atoms with Crippen molar-refractivity contribution in [1.82, 2.24) is 15.1 Å². The minimum absolute atomic E-state index is 0.127. The van der Waals surface area contributed by atoms with Crippen molar-refractivity contribution in [2.24, 2.45) is 0 Å². The Kier molecular flexibility index (Phi) is 5.14. The standard InChI is InChI=1S/C20H20F3N3O2/c1-10(2)16-15(17(27)11(3)12(4)24-16)9-13-5-7-14(8-6-13)18-25-19(28-26-18)20(21,22)23/h5-8,10H,9H2,1-4H3,(H,24,27). The average molecular weight is 391 g/mol. The number of rotatable bonds is 4. The van der Waals surface area contributed by atoms with Crippen molar-refractivity contribution in [3.8, 4) is 17.1 Å². The highest BCUT2D eigenvalue weighted by molar-refractivity contribution is 5.55. The average Bonchev–Trinajstić information content (AvgIpc) is 3.13. The van der Waals surface area contributed by atoms with E-state index in [1.807, 2.05) is 27.7 Å². The number of nitrogens with zero attached hydrogens (tertiary/aromatic N) is 3. The Morgan fingerprint density at radius 3 is 2.25 bits per heavy atom. The van der Waals surface area contributed by atoms with Crippen LogP contribution in [0.2, 0.25) is 0 Å². The molecule has 0 aliphatic heterocycles. The predicted octanol–water partition coefficient (Wildman–Crippen LogP) is 5.19. The monoisotopic (exact) mass is 391 g/mol. The number of hydrogen-bond acceptors (Lipinski definition) is 5. The van der Waals surface area contributed by atoms with E-state index < -0.39 is 12.1 Å². The Morgan fingerprint density at radius 1 is 1.07 bits per heavy atom. The second-order valence-corrected chi connectivity index (χ2v) is 6.98. The van der Waals surface area contributed by atoms with Crippen molar-refractivity contribution in [1.29, 1.82) is 0 Å². The van der Waals surface area contributed by atoms with Gasteiger partial charge in [-0.25, -0.2) is 0 Å². The van der Waals surface area contributed by atoms with Gasteiger partial charge in [-0.2, -0.15) is 18.2 Å². The molecule has 0 amide bonds. The van der Waals surface area contributed by atoms with E-state index in [9.17, 15) is 18.3 Å². The summed E-state index contributed by atoms with van der Waals surface area (Å²) in [7, 11) is 0. The van der Waals surface area contributed by atoms with Gasteiger partial charge in [-0.15, -0.1) is 0 Å². The summed E-state index contributed by atoms with van der Waals surface area (Å²) >= 11 is 0. The van der Waals surface area contributed by atoms with Crippen molar-refractivity contribution in [3.63, 3.8) is 0 Å². The van der Waals surface area contributed by atoms with E-state index in [-0.39, 0.29) is 17.5 Å². The Balaban J connectivity index is 1.90. The van der Waals surface area contributed by atoms with E-state index in [1.165, 1.54) is 0 Å². The normalized spacial score (nSPS) is 12.0. The minimum atomic E-state index is -4.67. The predicted molar refractivity (Wildman–Crippen MR) is 97.0 cm³/mol. The summed E-state index contributed by atoms with van der Waals surface area (Å²) in [5, 5.41) is 14.0. The molecule has 0 unspecified atom stereocenters. The maximum absolute atomic E-state index is 12.6. The number of aromatic nitrogens is 3. The maximum atomic E-state index is 12.6. The number of alkyl halides is 3. The van der Waals surface area contributed by atoms with Crippen LogP contribution < -0.4 is 0 Å². The molecule has 0 bridgehead atoms. The lowest BCUT2D eigenvalue weighted by Gasteiger charge is -2.17. The third-order valence-electron chi connectivity index (χ3n) is 4.59. The van der Waals surface area contributed by atoms with Crippen LogP contribution in [0.4, 0.5) is 13.2 Å². The Bertz CT molecular complexity index is 993. The van der Waals surface area contributed by atoms with Gasteiger partial charge >= 0.3 is 12.1 Å². The Hall–Kier alpha value is -2.90. The molecule has 0 aliphatic rings. The molecule has 0 saturated carbocycles. The molecular formula is C20H20F3N3O2. The number of aromatic hydroxyl groups is 1. The quantitative estimate of drug-likeness (QED) is 0.663. The van der Waals surface area contributed by atoms with E-state index in [0.717, 1.165) is 28.1 Å². The fraction of sp³-hybridized carbons (Fsp3) is 0.350. The molecule has 2 heterocycles. The molecule has 0 saturated heterocycles. The summed E-state index contributed by atoms with van der Waals surface area (Å²) in [6.07, 6.45) is -4.22. The van der Waals surface area contributed by atoms with Crippen LogP contribution in [0.3, 0.4) is 0 Å². The van der Waals surface area contributed by atoms with Gasteiger partial charge in [-0.3, -0.25) is 4.98 Å². The molecule has 3 rings (SSSR count). The first-order valence-corrected chi connectivity index (χ1v) is 8.77. The number of aryl methyl sites for hydroxylation is 1. The fourth-order valence-corrected chi connectivity index (χ4v) is 2.93. The molecule has 1 N–H and O–H groups in total. The van der Waals surface area contributed by atoms with Crippen LogP contribution in [-0.2, 0) is 12.6 Å².